The first-order valence-electron chi connectivity index (χ1n) is 10.3. The van der Waals surface area contributed by atoms with Gasteiger partial charge in [0.15, 0.2) is 0 Å². The molecule has 0 aromatic heterocycles. The maximum Gasteiger partial charge on any atom is 0.325 e. The zero-order valence-electron chi connectivity index (χ0n) is 18.4. The monoisotopic (exact) mass is 585 g/mol. The number of anilines is 1. The van der Waals surface area contributed by atoms with E-state index in [-0.39, 0.29) is 5.92 Å². The Balaban J connectivity index is 1.77. The number of carbonyl (C=O) groups is 3. The largest absolute Gasteiger partial charge is 0.491 e. The molecule has 0 saturated carbocycles. The van der Waals surface area contributed by atoms with Gasteiger partial charge in [-0.05, 0) is 64.4 Å². The van der Waals surface area contributed by atoms with E-state index in [0.717, 1.165) is 8.47 Å². The summed E-state index contributed by atoms with van der Waals surface area (Å²) in [5.74, 6) is -0.675. The van der Waals surface area contributed by atoms with Crippen molar-refractivity contribution in [3.8, 4) is 5.75 Å². The van der Waals surface area contributed by atoms with Crippen LogP contribution in [0.3, 0.4) is 0 Å². The minimum Gasteiger partial charge on any atom is -0.491 e. The van der Waals surface area contributed by atoms with Crippen molar-refractivity contribution in [1.29, 1.82) is 0 Å². The summed E-state index contributed by atoms with van der Waals surface area (Å²) in [4.78, 5) is 40.1. The van der Waals surface area contributed by atoms with Crippen molar-refractivity contribution >= 4 is 57.7 Å². The van der Waals surface area contributed by atoms with E-state index < -0.39 is 29.9 Å². The third kappa shape index (κ3) is 5.96. The number of nitrogens with one attached hydrogen (secondary N) is 2. The molecule has 2 aromatic rings. The van der Waals surface area contributed by atoms with E-state index in [1.165, 1.54) is 0 Å². The van der Waals surface area contributed by atoms with Crippen molar-refractivity contribution in [3.63, 3.8) is 0 Å². The number of amides is 4. The Morgan fingerprint density at radius 1 is 1.18 bits per heavy atom. The number of benzene rings is 2. The summed E-state index contributed by atoms with van der Waals surface area (Å²) in [5, 5.41) is 5.81. The van der Waals surface area contributed by atoms with Gasteiger partial charge in [-0.25, -0.2) is 9.69 Å². The zero-order chi connectivity index (χ0) is 24.1. The predicted molar refractivity (Wildman–Crippen MR) is 133 cm³/mol. The molecule has 1 aliphatic rings. The molecule has 0 bridgehead atoms. The molecule has 1 heterocycles. The van der Waals surface area contributed by atoms with Crippen molar-refractivity contribution in [3.05, 3.63) is 56.6 Å². The second-order valence-corrected chi connectivity index (χ2v) is 9.46. The summed E-state index contributed by atoms with van der Waals surface area (Å²) in [6.07, 6.45) is 0. The van der Waals surface area contributed by atoms with Crippen molar-refractivity contribution in [2.45, 2.75) is 25.9 Å². The summed E-state index contributed by atoms with van der Waals surface area (Å²) < 4.78 is 11.4. The third-order valence-electron chi connectivity index (χ3n) is 5.11. The maximum atomic E-state index is 13.2. The van der Waals surface area contributed by atoms with Crippen molar-refractivity contribution in [2.75, 3.05) is 25.6 Å². The fourth-order valence-electron chi connectivity index (χ4n) is 3.50. The Morgan fingerprint density at radius 3 is 2.48 bits per heavy atom. The molecular weight excluding hydrogens is 561 g/mol. The first-order valence-corrected chi connectivity index (χ1v) is 11.8. The maximum absolute atomic E-state index is 13.2. The van der Waals surface area contributed by atoms with Gasteiger partial charge in [0.05, 0.1) is 17.3 Å². The summed E-state index contributed by atoms with van der Waals surface area (Å²) in [5.41, 5.74) is 1.01. The fourth-order valence-corrected chi connectivity index (χ4v) is 4.40. The Hall–Kier alpha value is -2.37. The lowest BCUT2D eigenvalue weighted by atomic mass is 10.0. The molecule has 1 saturated heterocycles. The number of hydrogen-bond acceptors (Lipinski definition) is 5. The lowest BCUT2D eigenvalue weighted by Gasteiger charge is -2.27. The summed E-state index contributed by atoms with van der Waals surface area (Å²) in [6.45, 7) is 4.41. The molecule has 4 amide bonds. The van der Waals surface area contributed by atoms with E-state index in [1.54, 1.807) is 63.4 Å². The van der Waals surface area contributed by atoms with Crippen LogP contribution in [-0.4, -0.2) is 49.1 Å². The number of halogens is 2. The molecule has 33 heavy (non-hydrogen) atoms. The predicted octanol–water partition coefficient (Wildman–Crippen LogP) is 4.23. The SMILES string of the molecule is COCCOc1ccc([C@H]2NC(=O)N([C@H](C(=O)Nc3ccc(I)cc3Cl)C(C)C)C2=O)cc1. The number of hydrogen-bond donors (Lipinski definition) is 2. The molecule has 1 aliphatic heterocycles. The first kappa shape index (κ1) is 25.3. The molecular formula is C23H25ClIN3O5. The smallest absolute Gasteiger partial charge is 0.325 e. The van der Waals surface area contributed by atoms with E-state index >= 15 is 0 Å². The van der Waals surface area contributed by atoms with Crippen LogP contribution < -0.4 is 15.4 Å². The van der Waals surface area contributed by atoms with Crippen LogP contribution >= 0.6 is 34.2 Å². The molecule has 0 spiro atoms. The van der Waals surface area contributed by atoms with Crippen molar-refractivity contribution in [1.82, 2.24) is 10.2 Å². The highest BCUT2D eigenvalue weighted by molar-refractivity contribution is 14.1. The number of carbonyl (C=O) groups excluding carboxylic acids is 3. The number of ether oxygens (including phenoxy) is 2. The summed E-state index contributed by atoms with van der Waals surface area (Å²) >= 11 is 8.35. The molecule has 0 unspecified atom stereocenters. The van der Waals surface area contributed by atoms with Gasteiger partial charge < -0.3 is 20.1 Å². The normalized spacial score (nSPS) is 16.7. The fraction of sp³-hybridized carbons (Fsp3) is 0.348. The van der Waals surface area contributed by atoms with Crippen LogP contribution in [-0.2, 0) is 14.3 Å². The van der Waals surface area contributed by atoms with Gasteiger partial charge in [-0.15, -0.1) is 0 Å². The van der Waals surface area contributed by atoms with Crippen LogP contribution in [0.25, 0.3) is 0 Å². The van der Waals surface area contributed by atoms with Crippen LogP contribution in [0, 0.1) is 9.49 Å². The molecule has 2 aromatic carbocycles. The Kier molecular flexibility index (Phi) is 8.55. The third-order valence-corrected chi connectivity index (χ3v) is 6.09. The number of nitrogens with zero attached hydrogens (tertiary/aromatic N) is 1. The average molecular weight is 586 g/mol. The van der Waals surface area contributed by atoms with E-state index in [1.807, 2.05) is 0 Å². The van der Waals surface area contributed by atoms with Gasteiger partial charge in [0, 0.05) is 10.7 Å². The number of urea groups is 1. The van der Waals surface area contributed by atoms with Crippen LogP contribution in [0.2, 0.25) is 5.02 Å². The Bertz CT molecular complexity index is 1030. The highest BCUT2D eigenvalue weighted by atomic mass is 127. The van der Waals surface area contributed by atoms with Gasteiger partial charge in [0.1, 0.15) is 24.4 Å². The Labute approximate surface area is 211 Å². The Morgan fingerprint density at radius 2 is 1.88 bits per heavy atom. The van der Waals surface area contributed by atoms with Gasteiger partial charge in [-0.3, -0.25) is 9.59 Å². The highest BCUT2D eigenvalue weighted by Crippen LogP contribution is 2.29. The minimum atomic E-state index is -1.01. The van der Waals surface area contributed by atoms with Gasteiger partial charge in [0.25, 0.3) is 5.91 Å². The van der Waals surface area contributed by atoms with Crippen molar-refractivity contribution in [2.24, 2.45) is 5.92 Å². The van der Waals surface area contributed by atoms with Crippen LogP contribution in [0.1, 0.15) is 25.5 Å². The van der Waals surface area contributed by atoms with Gasteiger partial charge in [-0.1, -0.05) is 37.6 Å². The topological polar surface area (TPSA) is 97.0 Å². The van der Waals surface area contributed by atoms with Crippen LogP contribution in [0.4, 0.5) is 10.5 Å². The molecule has 176 valence electrons. The van der Waals surface area contributed by atoms with E-state index in [0.29, 0.717) is 35.2 Å². The minimum absolute atomic E-state index is 0.322. The first-order chi connectivity index (χ1) is 15.7. The quantitative estimate of drug-likeness (QED) is 0.261. The van der Waals surface area contributed by atoms with Gasteiger partial charge in [0.2, 0.25) is 5.91 Å². The molecule has 2 N–H and O–H groups in total. The summed E-state index contributed by atoms with van der Waals surface area (Å²) in [6, 6.07) is 9.56. The van der Waals surface area contributed by atoms with Gasteiger partial charge >= 0.3 is 6.03 Å². The summed E-state index contributed by atoms with van der Waals surface area (Å²) in [7, 11) is 1.59. The van der Waals surface area contributed by atoms with E-state index in [9.17, 15) is 14.4 Å². The second-order valence-electron chi connectivity index (χ2n) is 7.80. The van der Waals surface area contributed by atoms with Gasteiger partial charge in [-0.2, -0.15) is 0 Å². The number of methoxy groups -OCH3 is 1. The van der Waals surface area contributed by atoms with E-state index in [4.69, 9.17) is 21.1 Å². The van der Waals surface area contributed by atoms with Crippen LogP contribution in [0.5, 0.6) is 5.75 Å². The van der Waals surface area contributed by atoms with E-state index in [2.05, 4.69) is 33.2 Å². The number of rotatable bonds is 9. The molecule has 0 aliphatic carbocycles. The molecule has 3 rings (SSSR count). The molecule has 1 fully saturated rings. The average Bonchev–Trinajstić information content (AvgIpc) is 3.05. The molecule has 2 atom stereocenters. The van der Waals surface area contributed by atoms with Crippen LogP contribution in [0.15, 0.2) is 42.5 Å². The molecule has 10 heteroatoms. The number of imide groups is 1. The second kappa shape index (κ2) is 11.2. The molecule has 8 nitrogen and oxygen atoms in total. The lowest BCUT2D eigenvalue weighted by Crippen LogP contribution is -2.50. The highest BCUT2D eigenvalue weighted by Gasteiger charge is 2.46. The zero-order valence-corrected chi connectivity index (χ0v) is 21.3. The standard InChI is InChI=1S/C23H25ClIN3O5/c1-13(2)20(21(29)26-18-9-6-15(25)12-17(18)24)28-22(30)19(27-23(28)31)14-4-7-16(8-5-14)33-11-10-32-3/h4-9,12-13,19-20H,10-11H2,1-3H3,(H,26,29)(H,27,31)/t19-,20+/m1/s1. The lowest BCUT2D eigenvalue weighted by molar-refractivity contribution is -0.135. The van der Waals surface area contributed by atoms with Crippen molar-refractivity contribution < 1.29 is 23.9 Å². The molecule has 0 radical (unpaired) electrons.